The van der Waals surface area contributed by atoms with E-state index < -0.39 is 23.7 Å². The lowest BCUT2D eigenvalue weighted by atomic mass is 9.99. The third-order valence-corrected chi connectivity index (χ3v) is 7.58. The maximum Gasteiger partial charge on any atom is 0.573 e. The predicted octanol–water partition coefficient (Wildman–Crippen LogP) is 7.17. The molecule has 10 nitrogen and oxygen atoms in total. The van der Waals surface area contributed by atoms with Crippen molar-refractivity contribution < 1.29 is 31.9 Å². The summed E-state index contributed by atoms with van der Waals surface area (Å²) in [6.45, 7) is 8.01. The van der Waals surface area contributed by atoms with Gasteiger partial charge < -0.3 is 20.7 Å². The Morgan fingerprint density at radius 2 is 1.85 bits per heavy atom. The molecule has 0 spiro atoms. The van der Waals surface area contributed by atoms with Crippen LogP contribution in [0.1, 0.15) is 43.4 Å². The summed E-state index contributed by atoms with van der Waals surface area (Å²) in [7, 11) is 0. The lowest BCUT2D eigenvalue weighted by Gasteiger charge is -2.31. The number of thioether (sulfide) groups is 1. The standard InChI is InChI=1S/C31H33F4N7O3S/c1-5-46-30(41(18-43)27-14-20(4)6-12-24(27)19(2)3)39-29(44)38-26-13-7-21(15-25(26)32)16-36-28-37-17-42(40-28)22-8-10-23(11-9-22)45-31(33,34)35/h6-15,17-19,30H,5,16H2,1-4H3,(H,36,40)(H2,38,39,44). The minimum absolute atomic E-state index is 0.0575. The summed E-state index contributed by atoms with van der Waals surface area (Å²) in [5.41, 5.74) is 2.78. The van der Waals surface area contributed by atoms with Gasteiger partial charge in [-0.15, -0.1) is 30.0 Å². The molecular weight excluding hydrogens is 626 g/mol. The Kier molecular flexibility index (Phi) is 11.1. The van der Waals surface area contributed by atoms with Crippen LogP contribution in [0.4, 0.5) is 39.7 Å². The second kappa shape index (κ2) is 15.0. The molecule has 3 N–H and O–H groups in total. The number of halogens is 4. The first-order chi connectivity index (χ1) is 21.9. The number of alkyl halides is 3. The molecule has 0 aliphatic carbocycles. The number of rotatable bonds is 13. The van der Waals surface area contributed by atoms with Gasteiger partial charge in [0.15, 0.2) is 5.50 Å². The van der Waals surface area contributed by atoms with E-state index >= 15 is 4.39 Å². The Labute approximate surface area is 267 Å². The van der Waals surface area contributed by atoms with Crippen LogP contribution in [0.25, 0.3) is 5.69 Å². The zero-order valence-electron chi connectivity index (χ0n) is 25.4. The molecule has 0 aliphatic heterocycles. The third kappa shape index (κ3) is 9.12. The minimum Gasteiger partial charge on any atom is -0.406 e. The average molecular weight is 660 g/mol. The van der Waals surface area contributed by atoms with Crippen molar-refractivity contribution in [2.45, 2.75) is 52.0 Å². The molecule has 1 heterocycles. The summed E-state index contributed by atoms with van der Waals surface area (Å²) in [6, 6.07) is 14.5. The number of benzene rings is 3. The number of anilines is 3. The van der Waals surface area contributed by atoms with E-state index in [4.69, 9.17) is 0 Å². The monoisotopic (exact) mass is 659 g/mol. The molecule has 1 atom stereocenters. The molecule has 0 saturated carbocycles. The molecule has 0 fully saturated rings. The van der Waals surface area contributed by atoms with E-state index in [2.05, 4.69) is 30.8 Å². The van der Waals surface area contributed by atoms with Gasteiger partial charge in [0.25, 0.3) is 0 Å². The van der Waals surface area contributed by atoms with Gasteiger partial charge in [-0.1, -0.05) is 39.0 Å². The van der Waals surface area contributed by atoms with Crippen LogP contribution in [0.5, 0.6) is 5.75 Å². The molecule has 0 aliphatic rings. The van der Waals surface area contributed by atoms with Gasteiger partial charge in [0.1, 0.15) is 17.9 Å². The van der Waals surface area contributed by atoms with E-state index in [-0.39, 0.29) is 29.8 Å². The fourth-order valence-corrected chi connectivity index (χ4v) is 5.27. The minimum atomic E-state index is -4.79. The quantitative estimate of drug-likeness (QED) is 0.0793. The number of urea groups is 1. The van der Waals surface area contributed by atoms with Crippen molar-refractivity contribution in [3.63, 3.8) is 0 Å². The maximum atomic E-state index is 15.0. The highest BCUT2D eigenvalue weighted by molar-refractivity contribution is 7.99. The number of hydrogen-bond acceptors (Lipinski definition) is 7. The molecule has 0 bridgehead atoms. The van der Waals surface area contributed by atoms with Gasteiger partial charge in [-0.3, -0.25) is 9.69 Å². The summed E-state index contributed by atoms with van der Waals surface area (Å²) in [5, 5.41) is 12.5. The lowest BCUT2D eigenvalue weighted by molar-refractivity contribution is -0.274. The number of aryl methyl sites for hydroxylation is 1. The maximum absolute atomic E-state index is 15.0. The summed E-state index contributed by atoms with van der Waals surface area (Å²) in [4.78, 5) is 30.8. The smallest absolute Gasteiger partial charge is 0.406 e. The SMILES string of the molecule is CCSC(NC(=O)Nc1ccc(CNc2ncn(-c3ccc(OC(F)(F)F)cc3)n2)cc1F)N(C=O)c1cc(C)ccc1C(C)C. The van der Waals surface area contributed by atoms with Gasteiger partial charge in [0.05, 0.1) is 17.1 Å². The van der Waals surface area contributed by atoms with Gasteiger partial charge in [-0.05, 0) is 77.7 Å². The molecule has 46 heavy (non-hydrogen) atoms. The van der Waals surface area contributed by atoms with Gasteiger partial charge in [-0.25, -0.2) is 18.9 Å². The highest BCUT2D eigenvalue weighted by atomic mass is 32.2. The number of carbonyl (C=O) groups is 2. The van der Waals surface area contributed by atoms with Crippen molar-refractivity contribution in [2.75, 3.05) is 21.3 Å². The van der Waals surface area contributed by atoms with Crippen LogP contribution in [0.3, 0.4) is 0 Å². The van der Waals surface area contributed by atoms with Crippen LogP contribution < -0.4 is 25.6 Å². The van der Waals surface area contributed by atoms with E-state index in [9.17, 15) is 22.8 Å². The second-order valence-electron chi connectivity index (χ2n) is 10.4. The first kappa shape index (κ1) is 34.1. The fraction of sp³-hybridized carbons (Fsp3) is 0.290. The van der Waals surface area contributed by atoms with Crippen molar-refractivity contribution in [1.82, 2.24) is 20.1 Å². The number of hydrogen-bond donors (Lipinski definition) is 3. The molecule has 1 aromatic heterocycles. The molecule has 3 aromatic carbocycles. The highest BCUT2D eigenvalue weighted by Gasteiger charge is 2.31. The largest absolute Gasteiger partial charge is 0.573 e. The first-order valence-electron chi connectivity index (χ1n) is 14.2. The molecule has 0 saturated heterocycles. The molecule has 4 aromatic rings. The number of nitrogens with zero attached hydrogens (tertiary/aromatic N) is 4. The van der Waals surface area contributed by atoms with Crippen molar-refractivity contribution in [2.24, 2.45) is 0 Å². The van der Waals surface area contributed by atoms with Gasteiger partial charge in [0, 0.05) is 6.54 Å². The van der Waals surface area contributed by atoms with E-state index in [0.717, 1.165) is 23.3 Å². The molecule has 4 rings (SSSR count). The lowest BCUT2D eigenvalue weighted by Crippen LogP contribution is -2.48. The van der Waals surface area contributed by atoms with E-state index in [1.165, 1.54) is 51.9 Å². The normalized spacial score (nSPS) is 12.0. The van der Waals surface area contributed by atoms with Crippen LogP contribution in [0, 0.1) is 12.7 Å². The van der Waals surface area contributed by atoms with Gasteiger partial charge in [-0.2, -0.15) is 0 Å². The Morgan fingerprint density at radius 1 is 1.11 bits per heavy atom. The van der Waals surface area contributed by atoms with Crippen LogP contribution in [0.15, 0.2) is 67.0 Å². The third-order valence-electron chi connectivity index (χ3n) is 6.59. The summed E-state index contributed by atoms with van der Waals surface area (Å²) >= 11 is 1.34. The highest BCUT2D eigenvalue weighted by Crippen LogP contribution is 2.31. The zero-order chi connectivity index (χ0) is 33.4. The van der Waals surface area contributed by atoms with Crippen LogP contribution in [0.2, 0.25) is 0 Å². The summed E-state index contributed by atoms with van der Waals surface area (Å²) < 4.78 is 57.4. The molecule has 15 heteroatoms. The molecule has 3 amide bonds. The van der Waals surface area contributed by atoms with Crippen molar-refractivity contribution >= 4 is 41.5 Å². The Hall–Kier alpha value is -4.79. The van der Waals surface area contributed by atoms with E-state index in [0.29, 0.717) is 29.1 Å². The van der Waals surface area contributed by atoms with Crippen molar-refractivity contribution in [3.05, 3.63) is 89.5 Å². The van der Waals surface area contributed by atoms with Crippen LogP contribution in [-0.2, 0) is 11.3 Å². The van der Waals surface area contributed by atoms with Crippen LogP contribution >= 0.6 is 11.8 Å². The number of amides is 3. The number of ether oxygens (including phenoxy) is 1. The fourth-order valence-electron chi connectivity index (χ4n) is 4.44. The Morgan fingerprint density at radius 3 is 2.48 bits per heavy atom. The van der Waals surface area contributed by atoms with Gasteiger partial charge in [0.2, 0.25) is 12.4 Å². The second-order valence-corrected chi connectivity index (χ2v) is 11.7. The number of carbonyl (C=O) groups excluding carboxylic acids is 2. The Bertz CT molecular complexity index is 1650. The predicted molar refractivity (Wildman–Crippen MR) is 170 cm³/mol. The summed E-state index contributed by atoms with van der Waals surface area (Å²) in [6.07, 6.45) is -2.74. The molecular formula is C31H33F4N7O3S. The Balaban J connectivity index is 1.37. The average Bonchev–Trinajstić information content (AvgIpc) is 3.46. The van der Waals surface area contributed by atoms with E-state index in [1.54, 1.807) is 6.07 Å². The zero-order valence-corrected chi connectivity index (χ0v) is 26.2. The van der Waals surface area contributed by atoms with E-state index in [1.807, 2.05) is 45.9 Å². The molecule has 244 valence electrons. The van der Waals surface area contributed by atoms with Crippen LogP contribution in [-0.4, -0.2) is 44.8 Å². The first-order valence-corrected chi connectivity index (χ1v) is 15.2. The van der Waals surface area contributed by atoms with Crippen molar-refractivity contribution in [1.29, 1.82) is 0 Å². The number of nitrogens with one attached hydrogen (secondary N) is 3. The topological polar surface area (TPSA) is 113 Å². The number of aromatic nitrogens is 3. The summed E-state index contributed by atoms with van der Waals surface area (Å²) in [5.74, 6) is -0.106. The molecule has 1 unspecified atom stereocenters. The molecule has 0 radical (unpaired) electrons. The van der Waals surface area contributed by atoms with Crippen molar-refractivity contribution in [3.8, 4) is 11.4 Å². The van der Waals surface area contributed by atoms with Gasteiger partial charge >= 0.3 is 12.4 Å².